The second kappa shape index (κ2) is 6.00. The first kappa shape index (κ1) is 14.0. The molecule has 0 saturated carbocycles. The lowest BCUT2D eigenvalue weighted by molar-refractivity contribution is -0.160. The Hall–Kier alpha value is -1.10. The Morgan fingerprint density at radius 1 is 1.41 bits per heavy atom. The molecule has 1 unspecified atom stereocenters. The van der Waals surface area contributed by atoms with Crippen LogP contribution in [0.5, 0.6) is 0 Å². The minimum Gasteiger partial charge on any atom is -0.458 e. The molecule has 0 aromatic carbocycles. The van der Waals surface area contributed by atoms with E-state index in [1.54, 1.807) is 0 Å². The van der Waals surface area contributed by atoms with E-state index in [1.807, 2.05) is 20.8 Å². The predicted octanol–water partition coefficient (Wildman–Crippen LogP) is 0.442. The third kappa shape index (κ3) is 4.73. The number of ether oxygens (including phenoxy) is 1. The van der Waals surface area contributed by atoms with Crippen molar-refractivity contribution in [2.75, 3.05) is 13.1 Å². The fourth-order valence-corrected chi connectivity index (χ4v) is 2.01. The number of piperidine rings is 1. The van der Waals surface area contributed by atoms with Crippen LogP contribution in [0.25, 0.3) is 0 Å². The molecule has 0 aromatic heterocycles. The molecular formula is C12H22N2O3. The average molecular weight is 242 g/mol. The zero-order chi connectivity index (χ0) is 12.9. The van der Waals surface area contributed by atoms with Gasteiger partial charge in [-0.15, -0.1) is 0 Å². The molecule has 17 heavy (non-hydrogen) atoms. The SMILES string of the molecule is CC(C)(C)OC(=O)C(NC=O)C1CCNCC1. The summed E-state index contributed by atoms with van der Waals surface area (Å²) < 4.78 is 5.32. The Bertz CT molecular complexity index is 267. The van der Waals surface area contributed by atoms with E-state index in [0.29, 0.717) is 6.41 Å². The lowest BCUT2D eigenvalue weighted by Crippen LogP contribution is -2.48. The number of hydrogen-bond acceptors (Lipinski definition) is 4. The Morgan fingerprint density at radius 3 is 2.47 bits per heavy atom. The van der Waals surface area contributed by atoms with E-state index in [1.165, 1.54) is 0 Å². The summed E-state index contributed by atoms with van der Waals surface area (Å²) in [4.78, 5) is 22.6. The monoisotopic (exact) mass is 242 g/mol. The van der Waals surface area contributed by atoms with Gasteiger partial charge in [0, 0.05) is 0 Å². The highest BCUT2D eigenvalue weighted by atomic mass is 16.6. The molecule has 2 N–H and O–H groups in total. The molecule has 1 saturated heterocycles. The zero-order valence-corrected chi connectivity index (χ0v) is 10.8. The number of carbonyl (C=O) groups excluding carboxylic acids is 2. The van der Waals surface area contributed by atoms with E-state index in [9.17, 15) is 9.59 Å². The molecule has 0 spiro atoms. The molecule has 0 radical (unpaired) electrons. The maximum Gasteiger partial charge on any atom is 0.329 e. The smallest absolute Gasteiger partial charge is 0.329 e. The first-order chi connectivity index (χ1) is 7.94. The summed E-state index contributed by atoms with van der Waals surface area (Å²) >= 11 is 0. The number of nitrogens with one attached hydrogen (secondary N) is 2. The number of hydrogen-bond donors (Lipinski definition) is 2. The Labute approximate surface area is 102 Å². The molecule has 98 valence electrons. The minimum atomic E-state index is -0.521. The second-order valence-corrected chi connectivity index (χ2v) is 5.38. The average Bonchev–Trinajstić information content (AvgIpc) is 2.24. The fourth-order valence-electron chi connectivity index (χ4n) is 2.01. The van der Waals surface area contributed by atoms with Crippen molar-refractivity contribution >= 4 is 12.4 Å². The second-order valence-electron chi connectivity index (χ2n) is 5.38. The first-order valence-corrected chi connectivity index (χ1v) is 6.07. The standard InChI is InChI=1S/C12H22N2O3/c1-12(2,3)17-11(16)10(14-8-15)9-4-6-13-7-5-9/h8-10,13H,4-7H2,1-3H3,(H,14,15). The Kier molecular flexibility index (Phi) is 4.93. The molecule has 0 aliphatic carbocycles. The minimum absolute atomic E-state index is 0.163. The zero-order valence-electron chi connectivity index (χ0n) is 10.8. The molecule has 5 heteroatoms. The van der Waals surface area contributed by atoms with Gasteiger partial charge in [0.15, 0.2) is 0 Å². The molecule has 1 heterocycles. The van der Waals surface area contributed by atoms with Gasteiger partial charge in [-0.1, -0.05) is 0 Å². The third-order valence-corrected chi connectivity index (χ3v) is 2.76. The van der Waals surface area contributed by atoms with E-state index < -0.39 is 11.6 Å². The molecule has 1 fully saturated rings. The fraction of sp³-hybridized carbons (Fsp3) is 0.833. The van der Waals surface area contributed by atoms with Gasteiger partial charge in [0.2, 0.25) is 6.41 Å². The molecule has 1 aliphatic rings. The van der Waals surface area contributed by atoms with Gasteiger partial charge < -0.3 is 15.4 Å². The first-order valence-electron chi connectivity index (χ1n) is 6.07. The van der Waals surface area contributed by atoms with Crippen molar-refractivity contribution in [1.29, 1.82) is 0 Å². The van der Waals surface area contributed by atoms with Crippen LogP contribution in [0.2, 0.25) is 0 Å². The van der Waals surface area contributed by atoms with Crippen molar-refractivity contribution in [3.63, 3.8) is 0 Å². The van der Waals surface area contributed by atoms with Crippen molar-refractivity contribution in [1.82, 2.24) is 10.6 Å². The third-order valence-electron chi connectivity index (χ3n) is 2.76. The van der Waals surface area contributed by atoms with E-state index >= 15 is 0 Å². The normalized spacial score (nSPS) is 19.5. The molecule has 0 aromatic rings. The summed E-state index contributed by atoms with van der Waals surface area (Å²) in [6, 6.07) is -0.520. The van der Waals surface area contributed by atoms with E-state index in [2.05, 4.69) is 10.6 Å². The molecule has 1 atom stereocenters. The number of rotatable bonds is 4. The molecule has 1 amide bonds. The van der Waals surface area contributed by atoms with Crippen molar-refractivity contribution in [2.24, 2.45) is 5.92 Å². The van der Waals surface area contributed by atoms with Crippen LogP contribution in [0.1, 0.15) is 33.6 Å². The van der Waals surface area contributed by atoms with Gasteiger partial charge in [-0.05, 0) is 52.6 Å². The Balaban J connectivity index is 2.63. The summed E-state index contributed by atoms with van der Waals surface area (Å²) in [5, 5.41) is 5.82. The molecular weight excluding hydrogens is 220 g/mol. The van der Waals surface area contributed by atoms with Crippen LogP contribution in [0.15, 0.2) is 0 Å². The van der Waals surface area contributed by atoms with Crippen LogP contribution >= 0.6 is 0 Å². The van der Waals surface area contributed by atoms with Gasteiger partial charge >= 0.3 is 5.97 Å². The highest BCUT2D eigenvalue weighted by molar-refractivity contribution is 5.79. The number of esters is 1. The molecule has 0 bridgehead atoms. The maximum atomic E-state index is 12.0. The van der Waals surface area contributed by atoms with Crippen molar-refractivity contribution in [3.8, 4) is 0 Å². The van der Waals surface area contributed by atoms with Crippen molar-refractivity contribution in [2.45, 2.75) is 45.3 Å². The highest BCUT2D eigenvalue weighted by Gasteiger charge is 2.32. The Morgan fingerprint density at radius 2 is 2.00 bits per heavy atom. The van der Waals surface area contributed by atoms with Gasteiger partial charge in [-0.3, -0.25) is 4.79 Å². The van der Waals surface area contributed by atoms with Crippen LogP contribution in [-0.4, -0.2) is 37.1 Å². The van der Waals surface area contributed by atoms with Crippen LogP contribution in [-0.2, 0) is 14.3 Å². The van der Waals surface area contributed by atoms with Crippen LogP contribution in [0, 0.1) is 5.92 Å². The molecule has 1 aliphatic heterocycles. The number of amides is 1. The van der Waals surface area contributed by atoms with E-state index in [-0.39, 0.29) is 11.9 Å². The van der Waals surface area contributed by atoms with Crippen molar-refractivity contribution in [3.05, 3.63) is 0 Å². The van der Waals surface area contributed by atoms with Gasteiger partial charge in [0.25, 0.3) is 0 Å². The van der Waals surface area contributed by atoms with E-state index in [0.717, 1.165) is 25.9 Å². The van der Waals surface area contributed by atoms with Crippen molar-refractivity contribution < 1.29 is 14.3 Å². The topological polar surface area (TPSA) is 67.4 Å². The van der Waals surface area contributed by atoms with Gasteiger partial charge in [0.1, 0.15) is 11.6 Å². The molecule has 5 nitrogen and oxygen atoms in total. The van der Waals surface area contributed by atoms with E-state index in [4.69, 9.17) is 4.74 Å². The van der Waals surface area contributed by atoms with Gasteiger partial charge in [-0.25, -0.2) is 4.79 Å². The number of carbonyl (C=O) groups is 2. The summed E-state index contributed by atoms with van der Waals surface area (Å²) in [5.41, 5.74) is -0.521. The molecule has 1 rings (SSSR count). The van der Waals surface area contributed by atoms with Gasteiger partial charge in [0.05, 0.1) is 0 Å². The quantitative estimate of drug-likeness (QED) is 0.554. The lowest BCUT2D eigenvalue weighted by atomic mass is 9.90. The summed E-state index contributed by atoms with van der Waals surface area (Å²) in [6.45, 7) is 7.23. The van der Waals surface area contributed by atoms with Gasteiger partial charge in [-0.2, -0.15) is 0 Å². The largest absolute Gasteiger partial charge is 0.458 e. The van der Waals surface area contributed by atoms with Crippen LogP contribution in [0.4, 0.5) is 0 Å². The van der Waals surface area contributed by atoms with Crippen LogP contribution in [0.3, 0.4) is 0 Å². The summed E-state index contributed by atoms with van der Waals surface area (Å²) in [7, 11) is 0. The summed E-state index contributed by atoms with van der Waals surface area (Å²) in [6.07, 6.45) is 2.34. The summed E-state index contributed by atoms with van der Waals surface area (Å²) in [5.74, 6) is -0.173. The van der Waals surface area contributed by atoms with Crippen LogP contribution < -0.4 is 10.6 Å². The maximum absolute atomic E-state index is 12.0. The lowest BCUT2D eigenvalue weighted by Gasteiger charge is -2.31. The predicted molar refractivity (Wildman–Crippen MR) is 64.4 cm³/mol. The highest BCUT2D eigenvalue weighted by Crippen LogP contribution is 2.19.